The molecule has 2 N–H and O–H groups in total. The first-order valence-corrected chi connectivity index (χ1v) is 6.62. The van der Waals surface area contributed by atoms with Crippen LogP contribution in [-0.2, 0) is 29.4 Å². The van der Waals surface area contributed by atoms with E-state index in [2.05, 4.69) is 15.7 Å². The van der Waals surface area contributed by atoms with Gasteiger partial charge in [-0.3, -0.25) is 14.3 Å². The normalized spacial score (nSPS) is 16.0. The van der Waals surface area contributed by atoms with Gasteiger partial charge in [0.25, 0.3) is 0 Å². The molecule has 0 radical (unpaired) electrons. The van der Waals surface area contributed by atoms with Crippen LogP contribution in [0.25, 0.3) is 0 Å². The van der Waals surface area contributed by atoms with Crippen LogP contribution in [-0.4, -0.2) is 52.7 Å². The molecule has 7 nitrogen and oxygen atoms in total. The number of amides is 2. The second-order valence-electron chi connectivity index (χ2n) is 4.94. The SMILES string of the molecule is Cn1cc(CNC(=O)CN2CCNCC2=O)c(C(F)(F)F)n1. The summed E-state index contributed by atoms with van der Waals surface area (Å²) >= 11 is 0. The lowest BCUT2D eigenvalue weighted by atomic mass is 10.2. The zero-order chi connectivity index (χ0) is 16.3. The van der Waals surface area contributed by atoms with Crippen molar-refractivity contribution in [2.45, 2.75) is 12.7 Å². The summed E-state index contributed by atoms with van der Waals surface area (Å²) < 4.78 is 39.3. The Labute approximate surface area is 124 Å². The molecule has 1 aliphatic heterocycles. The molecule has 0 aliphatic carbocycles. The van der Waals surface area contributed by atoms with E-state index < -0.39 is 17.8 Å². The van der Waals surface area contributed by atoms with E-state index in [0.29, 0.717) is 13.1 Å². The summed E-state index contributed by atoms with van der Waals surface area (Å²) in [7, 11) is 1.37. The molecule has 0 unspecified atom stereocenters. The van der Waals surface area contributed by atoms with Gasteiger partial charge in [-0.15, -0.1) is 0 Å². The number of halogens is 3. The fourth-order valence-corrected chi connectivity index (χ4v) is 2.14. The number of hydrogen-bond acceptors (Lipinski definition) is 4. The number of aromatic nitrogens is 2. The lowest BCUT2D eigenvalue weighted by molar-refractivity contribution is -0.142. The van der Waals surface area contributed by atoms with Crippen LogP contribution < -0.4 is 10.6 Å². The second-order valence-corrected chi connectivity index (χ2v) is 4.94. The van der Waals surface area contributed by atoms with Gasteiger partial charge in [0.2, 0.25) is 11.8 Å². The molecule has 1 fully saturated rings. The van der Waals surface area contributed by atoms with Crippen molar-refractivity contribution in [3.05, 3.63) is 17.5 Å². The van der Waals surface area contributed by atoms with Gasteiger partial charge in [0.15, 0.2) is 5.69 Å². The van der Waals surface area contributed by atoms with Gasteiger partial charge >= 0.3 is 6.18 Å². The smallest absolute Gasteiger partial charge is 0.350 e. The van der Waals surface area contributed by atoms with E-state index in [4.69, 9.17) is 0 Å². The van der Waals surface area contributed by atoms with E-state index >= 15 is 0 Å². The molecule has 0 aromatic carbocycles. The molecule has 0 spiro atoms. The molecule has 2 rings (SSSR count). The maximum Gasteiger partial charge on any atom is 0.435 e. The van der Waals surface area contributed by atoms with Gasteiger partial charge in [-0.2, -0.15) is 18.3 Å². The summed E-state index contributed by atoms with van der Waals surface area (Å²) in [5.41, 5.74) is -1.14. The molecule has 1 aliphatic rings. The van der Waals surface area contributed by atoms with Crippen LogP contribution in [0.3, 0.4) is 0 Å². The standard InChI is InChI=1S/C12H16F3N5O2/c1-19-6-8(11(18-19)12(13,14)15)4-17-9(21)7-20-3-2-16-5-10(20)22/h6,16H,2-5,7H2,1H3,(H,17,21). The van der Waals surface area contributed by atoms with E-state index in [-0.39, 0.29) is 31.1 Å². The van der Waals surface area contributed by atoms with Gasteiger partial charge in [-0.1, -0.05) is 0 Å². The van der Waals surface area contributed by atoms with Gasteiger partial charge in [0.05, 0.1) is 13.1 Å². The van der Waals surface area contributed by atoms with Gasteiger partial charge in [-0.05, 0) is 0 Å². The molecule has 0 atom stereocenters. The number of carbonyl (C=O) groups excluding carboxylic acids is 2. The second kappa shape index (κ2) is 6.34. The minimum atomic E-state index is -4.57. The third-order valence-corrected chi connectivity index (χ3v) is 3.17. The number of nitrogens with zero attached hydrogens (tertiary/aromatic N) is 3. The molecule has 0 bridgehead atoms. The van der Waals surface area contributed by atoms with Crippen LogP contribution in [0.15, 0.2) is 6.20 Å². The van der Waals surface area contributed by atoms with Crippen molar-refractivity contribution in [1.82, 2.24) is 25.3 Å². The van der Waals surface area contributed by atoms with E-state index in [1.54, 1.807) is 0 Å². The molecule has 1 aromatic heterocycles. The fourth-order valence-electron chi connectivity index (χ4n) is 2.14. The van der Waals surface area contributed by atoms with Crippen LogP contribution in [0.2, 0.25) is 0 Å². The summed E-state index contributed by atoms with van der Waals surface area (Å²) in [5, 5.41) is 8.60. The highest BCUT2D eigenvalue weighted by molar-refractivity contribution is 5.86. The first-order valence-electron chi connectivity index (χ1n) is 6.62. The molecule has 1 saturated heterocycles. The number of nitrogens with one attached hydrogen (secondary N) is 2. The van der Waals surface area contributed by atoms with Crippen molar-refractivity contribution in [1.29, 1.82) is 0 Å². The molecule has 2 amide bonds. The Balaban J connectivity index is 1.93. The van der Waals surface area contributed by atoms with Crippen LogP contribution in [0, 0.1) is 0 Å². The molecular weight excluding hydrogens is 303 g/mol. The average molecular weight is 319 g/mol. The van der Waals surface area contributed by atoms with Crippen molar-refractivity contribution < 1.29 is 22.8 Å². The Bertz CT molecular complexity index is 570. The first-order chi connectivity index (χ1) is 10.3. The highest BCUT2D eigenvalue weighted by atomic mass is 19.4. The fraction of sp³-hybridized carbons (Fsp3) is 0.583. The Hall–Kier alpha value is -2.10. The maximum atomic E-state index is 12.8. The summed E-state index contributed by atoms with van der Waals surface area (Å²) in [4.78, 5) is 24.6. The summed E-state index contributed by atoms with van der Waals surface area (Å²) in [6.45, 7) is 0.685. The van der Waals surface area contributed by atoms with Crippen molar-refractivity contribution in [2.75, 3.05) is 26.2 Å². The average Bonchev–Trinajstić information content (AvgIpc) is 2.80. The van der Waals surface area contributed by atoms with Gasteiger partial charge in [-0.25, -0.2) is 0 Å². The third kappa shape index (κ3) is 3.97. The van der Waals surface area contributed by atoms with E-state index in [1.165, 1.54) is 18.1 Å². The van der Waals surface area contributed by atoms with Crippen molar-refractivity contribution >= 4 is 11.8 Å². The minimum Gasteiger partial charge on any atom is -0.350 e. The highest BCUT2D eigenvalue weighted by Crippen LogP contribution is 2.30. The Kier molecular flexibility index (Phi) is 4.69. The number of piperazine rings is 1. The maximum absolute atomic E-state index is 12.8. The monoisotopic (exact) mass is 319 g/mol. The van der Waals surface area contributed by atoms with E-state index in [9.17, 15) is 22.8 Å². The quantitative estimate of drug-likeness (QED) is 0.783. The zero-order valence-corrected chi connectivity index (χ0v) is 11.9. The highest BCUT2D eigenvalue weighted by Gasteiger charge is 2.36. The molecule has 2 heterocycles. The van der Waals surface area contributed by atoms with Crippen molar-refractivity contribution in [3.63, 3.8) is 0 Å². The van der Waals surface area contributed by atoms with E-state index in [0.717, 1.165) is 4.68 Å². The predicted octanol–water partition coefficient (Wildman–Crippen LogP) is -0.513. The zero-order valence-electron chi connectivity index (χ0n) is 11.9. The summed E-state index contributed by atoms with van der Waals surface area (Å²) in [6.07, 6.45) is -3.37. The topological polar surface area (TPSA) is 79.3 Å². The molecule has 122 valence electrons. The van der Waals surface area contributed by atoms with E-state index in [1.807, 2.05) is 0 Å². The molecule has 10 heteroatoms. The Morgan fingerprint density at radius 2 is 2.23 bits per heavy atom. The summed E-state index contributed by atoms with van der Waals surface area (Å²) in [6, 6.07) is 0. The lowest BCUT2D eigenvalue weighted by Crippen LogP contribution is -2.51. The molecule has 0 saturated carbocycles. The molecule has 22 heavy (non-hydrogen) atoms. The molecule has 1 aromatic rings. The number of aryl methyl sites for hydroxylation is 1. The van der Waals surface area contributed by atoms with Gasteiger partial charge in [0, 0.05) is 38.4 Å². The number of alkyl halides is 3. The van der Waals surface area contributed by atoms with Crippen LogP contribution in [0.4, 0.5) is 13.2 Å². The Morgan fingerprint density at radius 3 is 2.86 bits per heavy atom. The van der Waals surface area contributed by atoms with Crippen molar-refractivity contribution in [2.24, 2.45) is 7.05 Å². The number of carbonyl (C=O) groups is 2. The minimum absolute atomic E-state index is 0.116. The molecular formula is C12H16F3N5O2. The van der Waals surface area contributed by atoms with Crippen molar-refractivity contribution in [3.8, 4) is 0 Å². The first kappa shape index (κ1) is 16.3. The van der Waals surface area contributed by atoms with Crippen LogP contribution in [0.5, 0.6) is 0 Å². The van der Waals surface area contributed by atoms with Gasteiger partial charge < -0.3 is 15.5 Å². The Morgan fingerprint density at radius 1 is 1.50 bits per heavy atom. The van der Waals surface area contributed by atoms with Crippen LogP contribution in [0.1, 0.15) is 11.3 Å². The lowest BCUT2D eigenvalue weighted by Gasteiger charge is -2.26. The number of rotatable bonds is 4. The van der Waals surface area contributed by atoms with Crippen LogP contribution >= 0.6 is 0 Å². The predicted molar refractivity (Wildman–Crippen MR) is 69.5 cm³/mol. The largest absolute Gasteiger partial charge is 0.435 e. The number of hydrogen-bond donors (Lipinski definition) is 2. The summed E-state index contributed by atoms with van der Waals surface area (Å²) in [5.74, 6) is -0.717. The third-order valence-electron chi connectivity index (χ3n) is 3.17. The van der Waals surface area contributed by atoms with Gasteiger partial charge in [0.1, 0.15) is 0 Å².